The number of carbonyl (C=O) groups excluding carboxylic acids is 9. The second-order valence-electron chi connectivity index (χ2n) is 6.36. The van der Waals surface area contributed by atoms with Gasteiger partial charge in [0, 0.05) is 20.8 Å². The molecule has 0 bridgehead atoms. The molecule has 0 aromatic rings. The van der Waals surface area contributed by atoms with E-state index in [0.29, 0.717) is 6.92 Å². The number of Topliss-reactive ketones (excluding diaryl/α,β-unsaturated/α-hetero) is 2. The molecule has 35 heavy (non-hydrogen) atoms. The van der Waals surface area contributed by atoms with Gasteiger partial charge in [0.1, 0.15) is 6.04 Å². The van der Waals surface area contributed by atoms with E-state index in [2.05, 4.69) is 34.1 Å². The average Bonchev–Trinajstić information content (AvgIpc) is 2.76. The van der Waals surface area contributed by atoms with E-state index >= 15 is 0 Å². The van der Waals surface area contributed by atoms with Crippen LogP contribution in [0.4, 0.5) is 0 Å². The third kappa shape index (κ3) is 9.92. The van der Waals surface area contributed by atoms with Crippen LogP contribution in [0.1, 0.15) is 34.1 Å². The highest BCUT2D eigenvalue weighted by Gasteiger charge is 2.57. The molecule has 0 aliphatic heterocycles. The molecule has 0 aromatic carbocycles. The van der Waals surface area contributed by atoms with Crippen LogP contribution in [0, 0.1) is 0 Å². The summed E-state index contributed by atoms with van der Waals surface area (Å²) in [6.07, 6.45) is -4.74. The summed E-state index contributed by atoms with van der Waals surface area (Å²) in [5.41, 5.74) is 1.53. The fraction of sp³-hybridized carbons (Fsp3) is 0.471. The molecule has 18 heteroatoms. The van der Waals surface area contributed by atoms with Crippen molar-refractivity contribution in [1.29, 1.82) is 0 Å². The highest BCUT2D eigenvalue weighted by atomic mass is 17.2. The largest absolute Gasteiger partial charge is 0.445 e. The standard InChI is InChI=1S/C17H19NO17/c1-6(18)12(23)29-11(15(26)34-30-9(4)21)17(28,16(27)35-33-14(25)8(3)20)5-10(22)31-32-13(24)7(2)19/h6,11,28H,5,18H2,1-4H3. The first-order chi connectivity index (χ1) is 16.0. The van der Waals surface area contributed by atoms with Gasteiger partial charge in [-0.2, -0.15) is 0 Å². The van der Waals surface area contributed by atoms with E-state index in [4.69, 9.17) is 5.73 Å². The van der Waals surface area contributed by atoms with Gasteiger partial charge in [0.15, 0.2) is 0 Å². The molecule has 0 rings (SSSR count). The van der Waals surface area contributed by atoms with Gasteiger partial charge in [-0.25, -0.2) is 58.1 Å². The minimum Gasteiger partial charge on any atom is -0.445 e. The monoisotopic (exact) mass is 509 g/mol. The lowest BCUT2D eigenvalue weighted by Crippen LogP contribution is -2.58. The lowest BCUT2D eigenvalue weighted by molar-refractivity contribution is -0.287. The molecule has 0 spiro atoms. The minimum atomic E-state index is -3.74. The van der Waals surface area contributed by atoms with Crippen LogP contribution in [0.15, 0.2) is 0 Å². The predicted octanol–water partition coefficient (Wildman–Crippen LogP) is -3.43. The van der Waals surface area contributed by atoms with Gasteiger partial charge >= 0.3 is 41.8 Å². The Morgan fingerprint density at radius 1 is 0.743 bits per heavy atom. The number of ketones is 2. The van der Waals surface area contributed by atoms with Crippen molar-refractivity contribution in [3.8, 4) is 0 Å². The third-order valence-corrected chi connectivity index (χ3v) is 3.24. The van der Waals surface area contributed by atoms with E-state index in [1.165, 1.54) is 0 Å². The normalized spacial score (nSPS) is 13.4. The highest BCUT2D eigenvalue weighted by Crippen LogP contribution is 2.24. The SMILES string of the molecule is CC(=O)OOC(=O)C(OC(=O)C(C)N)C(O)(CC(=O)OOC(=O)C(C)=O)C(=O)OOC(=O)C(C)=O. The van der Waals surface area contributed by atoms with Gasteiger partial charge in [-0.15, -0.1) is 0 Å². The Morgan fingerprint density at radius 3 is 1.66 bits per heavy atom. The maximum Gasteiger partial charge on any atom is 0.421 e. The summed E-state index contributed by atoms with van der Waals surface area (Å²) >= 11 is 0. The van der Waals surface area contributed by atoms with Crippen LogP contribution in [-0.4, -0.2) is 76.2 Å². The van der Waals surface area contributed by atoms with Crippen molar-refractivity contribution >= 4 is 53.4 Å². The van der Waals surface area contributed by atoms with Crippen LogP contribution >= 0.6 is 0 Å². The molecule has 3 N–H and O–H groups in total. The van der Waals surface area contributed by atoms with Gasteiger partial charge in [0.25, 0.3) is 0 Å². The molecule has 0 aromatic heterocycles. The molecule has 0 heterocycles. The lowest BCUT2D eigenvalue weighted by atomic mass is 9.92. The van der Waals surface area contributed by atoms with Crippen LogP contribution in [0.3, 0.4) is 0 Å². The van der Waals surface area contributed by atoms with Crippen molar-refractivity contribution in [1.82, 2.24) is 0 Å². The fourth-order valence-electron chi connectivity index (χ4n) is 1.58. The lowest BCUT2D eigenvalue weighted by Gasteiger charge is -2.29. The van der Waals surface area contributed by atoms with Crippen molar-refractivity contribution < 1.29 is 82.3 Å². The molecule has 0 amide bonds. The summed E-state index contributed by atoms with van der Waals surface area (Å²) in [5, 5.41) is 10.8. The number of ether oxygens (including phenoxy) is 1. The molecular weight excluding hydrogens is 490 g/mol. The molecule has 0 aliphatic rings. The first-order valence-electron chi connectivity index (χ1n) is 8.96. The van der Waals surface area contributed by atoms with Gasteiger partial charge < -0.3 is 15.6 Å². The zero-order valence-corrected chi connectivity index (χ0v) is 18.4. The number of esters is 1. The van der Waals surface area contributed by atoms with Gasteiger partial charge in [0.05, 0.1) is 6.42 Å². The number of hydrogen-bond acceptors (Lipinski definition) is 18. The molecule has 3 atom stereocenters. The van der Waals surface area contributed by atoms with E-state index in [1.54, 1.807) is 0 Å². The molecule has 3 unspecified atom stereocenters. The van der Waals surface area contributed by atoms with Crippen molar-refractivity contribution in [3.63, 3.8) is 0 Å². The fourth-order valence-corrected chi connectivity index (χ4v) is 1.58. The summed E-state index contributed by atoms with van der Waals surface area (Å²) in [4.78, 5) is 127. The maximum atomic E-state index is 12.4. The smallest absolute Gasteiger partial charge is 0.421 e. The van der Waals surface area contributed by atoms with Crippen molar-refractivity contribution in [2.45, 2.75) is 51.9 Å². The second kappa shape index (κ2) is 13.3. The first kappa shape index (κ1) is 30.5. The Morgan fingerprint density at radius 2 is 1.23 bits per heavy atom. The Labute approximate surface area is 194 Å². The topological polar surface area (TPSA) is 264 Å². The molecule has 0 fully saturated rings. The van der Waals surface area contributed by atoms with Crippen LogP contribution < -0.4 is 5.73 Å². The number of nitrogens with two attached hydrogens (primary N) is 1. The zero-order valence-electron chi connectivity index (χ0n) is 18.4. The zero-order chi connectivity index (χ0) is 27.5. The van der Waals surface area contributed by atoms with Crippen LogP contribution in [0.5, 0.6) is 0 Å². The molecule has 0 saturated carbocycles. The first-order valence-corrected chi connectivity index (χ1v) is 8.96. The second-order valence-corrected chi connectivity index (χ2v) is 6.36. The van der Waals surface area contributed by atoms with Gasteiger partial charge in [0.2, 0.25) is 23.3 Å². The number of aliphatic hydroxyl groups is 1. The molecule has 0 aliphatic carbocycles. The summed E-state index contributed by atoms with van der Waals surface area (Å²) < 4.78 is 4.55. The van der Waals surface area contributed by atoms with Crippen molar-refractivity contribution in [3.05, 3.63) is 0 Å². The molecule has 18 nitrogen and oxygen atoms in total. The predicted molar refractivity (Wildman–Crippen MR) is 96.7 cm³/mol. The van der Waals surface area contributed by atoms with E-state index in [1.807, 2.05) is 0 Å². The third-order valence-electron chi connectivity index (χ3n) is 3.24. The Bertz CT molecular complexity index is 922. The van der Waals surface area contributed by atoms with Crippen LogP contribution in [-0.2, 0) is 77.2 Å². The highest BCUT2D eigenvalue weighted by molar-refractivity contribution is 6.32. The van der Waals surface area contributed by atoms with E-state index in [-0.39, 0.29) is 0 Å². The summed E-state index contributed by atoms with van der Waals surface area (Å²) in [6.45, 7) is 3.19. The van der Waals surface area contributed by atoms with E-state index < -0.39 is 77.5 Å². The summed E-state index contributed by atoms with van der Waals surface area (Å²) in [7, 11) is 0. The van der Waals surface area contributed by atoms with Crippen LogP contribution in [0.25, 0.3) is 0 Å². The van der Waals surface area contributed by atoms with Gasteiger partial charge in [-0.05, 0) is 6.92 Å². The van der Waals surface area contributed by atoms with Crippen LogP contribution in [0.2, 0.25) is 0 Å². The number of hydrogen-bond donors (Lipinski definition) is 2. The number of carbonyl (C=O) groups is 9. The van der Waals surface area contributed by atoms with E-state index in [9.17, 15) is 48.3 Å². The minimum absolute atomic E-state index is 0.687. The number of rotatable bonds is 9. The Kier molecular flexibility index (Phi) is 11.6. The quantitative estimate of drug-likeness (QED) is 0.132. The van der Waals surface area contributed by atoms with Gasteiger partial charge in [-0.3, -0.25) is 14.4 Å². The Hall–Kier alpha value is -4.45. The molecule has 194 valence electrons. The maximum absolute atomic E-state index is 12.4. The summed E-state index contributed by atoms with van der Waals surface area (Å²) in [6, 6.07) is -1.52. The van der Waals surface area contributed by atoms with Crippen molar-refractivity contribution in [2.75, 3.05) is 0 Å². The molecular formula is C17H19NO17. The average molecular weight is 509 g/mol. The van der Waals surface area contributed by atoms with Gasteiger partial charge in [-0.1, -0.05) is 0 Å². The molecule has 0 saturated heterocycles. The Balaban J connectivity index is 6.21. The van der Waals surface area contributed by atoms with E-state index in [0.717, 1.165) is 20.8 Å². The molecule has 0 radical (unpaired) electrons. The summed E-state index contributed by atoms with van der Waals surface area (Å²) in [5.74, 6) is -14.9. The van der Waals surface area contributed by atoms with Crippen molar-refractivity contribution in [2.24, 2.45) is 5.73 Å².